The Hall–Kier alpha value is -6.84. The zero-order chi connectivity index (χ0) is 33.7. The number of rotatable bonds is 5. The Balaban J connectivity index is 1.29. The Bertz CT molecular complexity index is 2870. The summed E-state index contributed by atoms with van der Waals surface area (Å²) in [6.45, 7) is 0. The number of pyridine rings is 2. The molecule has 0 N–H and O–H groups in total. The van der Waals surface area contributed by atoms with E-state index >= 15 is 0 Å². The van der Waals surface area contributed by atoms with E-state index in [1.165, 1.54) is 49.4 Å². The maximum atomic E-state index is 5.31. The van der Waals surface area contributed by atoms with Gasteiger partial charge in [-0.15, -0.1) is 0 Å². The van der Waals surface area contributed by atoms with Crippen molar-refractivity contribution in [2.75, 3.05) is 0 Å². The van der Waals surface area contributed by atoms with Crippen LogP contribution in [0.4, 0.5) is 0 Å². The first-order chi connectivity index (χ1) is 25.3. The molecule has 238 valence electrons. The lowest BCUT2D eigenvalue weighted by molar-refractivity contribution is 1.09. The smallest absolute Gasteiger partial charge is 0.162 e. The van der Waals surface area contributed by atoms with E-state index in [9.17, 15) is 0 Å². The Kier molecular flexibility index (Phi) is 6.81. The van der Waals surface area contributed by atoms with Crippen LogP contribution in [-0.4, -0.2) is 14.5 Å². The molecule has 10 rings (SSSR count). The van der Waals surface area contributed by atoms with Crippen molar-refractivity contribution in [2.24, 2.45) is 0 Å². The second-order valence-electron chi connectivity index (χ2n) is 13.0. The van der Waals surface area contributed by atoms with E-state index in [0.717, 1.165) is 44.6 Å². The Morgan fingerprint density at radius 1 is 0.353 bits per heavy atom. The van der Waals surface area contributed by atoms with Gasteiger partial charge in [0, 0.05) is 22.4 Å². The van der Waals surface area contributed by atoms with Crippen LogP contribution in [0.2, 0.25) is 0 Å². The molecule has 51 heavy (non-hydrogen) atoms. The number of benzene rings is 7. The fraction of sp³-hybridized carbons (Fsp3) is 0. The zero-order valence-corrected chi connectivity index (χ0v) is 27.7. The summed E-state index contributed by atoms with van der Waals surface area (Å²) >= 11 is 0. The van der Waals surface area contributed by atoms with Gasteiger partial charge in [-0.05, 0) is 85.6 Å². The molecule has 0 aliphatic heterocycles. The number of nitrogens with zero attached hydrogens (tertiary/aromatic N) is 3. The van der Waals surface area contributed by atoms with E-state index in [4.69, 9.17) is 9.97 Å². The lowest BCUT2D eigenvalue weighted by Crippen LogP contribution is -2.00. The third kappa shape index (κ3) is 4.90. The van der Waals surface area contributed by atoms with Gasteiger partial charge in [0.25, 0.3) is 0 Å². The first kappa shape index (κ1) is 29.1. The zero-order valence-electron chi connectivity index (χ0n) is 27.7. The molecule has 0 aliphatic rings. The lowest BCUT2D eigenvalue weighted by atomic mass is 9.94. The largest absolute Gasteiger partial charge is 0.294 e. The van der Waals surface area contributed by atoms with Crippen LogP contribution in [0.5, 0.6) is 0 Å². The van der Waals surface area contributed by atoms with Crippen molar-refractivity contribution in [3.63, 3.8) is 0 Å². The molecule has 3 heterocycles. The van der Waals surface area contributed by atoms with Crippen molar-refractivity contribution >= 4 is 43.6 Å². The minimum Gasteiger partial charge on any atom is -0.294 e. The van der Waals surface area contributed by atoms with E-state index in [1.54, 1.807) is 0 Å². The average Bonchev–Trinajstić information content (AvgIpc) is 3.55. The van der Waals surface area contributed by atoms with Crippen LogP contribution in [0.25, 0.3) is 93.9 Å². The van der Waals surface area contributed by atoms with Crippen molar-refractivity contribution in [1.29, 1.82) is 0 Å². The minimum absolute atomic E-state index is 0.718. The number of aromatic nitrogens is 3. The summed E-state index contributed by atoms with van der Waals surface area (Å²) in [5.41, 5.74) is 12.3. The predicted molar refractivity (Wildman–Crippen MR) is 213 cm³/mol. The second kappa shape index (κ2) is 11.9. The molecule has 3 nitrogen and oxygen atoms in total. The van der Waals surface area contributed by atoms with Gasteiger partial charge >= 0.3 is 0 Å². The maximum absolute atomic E-state index is 5.31. The molecule has 10 aromatic rings. The number of hydrogen-bond donors (Lipinski definition) is 0. The van der Waals surface area contributed by atoms with Gasteiger partial charge in [-0.25, -0.2) is 9.97 Å². The molecule has 0 fully saturated rings. The summed E-state index contributed by atoms with van der Waals surface area (Å²) in [7, 11) is 0. The highest BCUT2D eigenvalue weighted by Gasteiger charge is 2.21. The summed E-state index contributed by atoms with van der Waals surface area (Å²) in [6, 6.07) is 65.0. The van der Waals surface area contributed by atoms with Gasteiger partial charge in [0.15, 0.2) is 5.65 Å². The van der Waals surface area contributed by atoms with Crippen LogP contribution in [0.3, 0.4) is 0 Å². The van der Waals surface area contributed by atoms with Gasteiger partial charge in [-0.2, -0.15) is 0 Å². The average molecular weight is 650 g/mol. The van der Waals surface area contributed by atoms with Crippen LogP contribution in [0, 0.1) is 0 Å². The topological polar surface area (TPSA) is 30.7 Å². The van der Waals surface area contributed by atoms with Gasteiger partial charge in [0.2, 0.25) is 0 Å². The molecule has 0 bridgehead atoms. The quantitative estimate of drug-likeness (QED) is 0.186. The SMILES string of the molecule is c1ccc(-c2ccc(-c3cc(-n4c5cc(-c6ccccc6)ccc5c5c6ccccc6c(-c6ccccc6)cc54)nc4ncccc34)cc2)cc1. The standard InChI is InChI=1S/C48H31N3/c1-4-13-32(14-5-1)34-22-24-36(25-23-34)43-31-46(50-48-40(43)21-12-28-49-48)51-44-29-37(33-15-6-2-7-16-33)26-27-41(44)47-39-20-11-10-19-38(39)42(30-45(47)51)35-17-8-3-9-18-35/h1-31H. The second-order valence-corrected chi connectivity index (χ2v) is 13.0. The molecule has 0 unspecified atom stereocenters. The molecule has 3 heteroatoms. The summed E-state index contributed by atoms with van der Waals surface area (Å²) in [5.74, 6) is 0.836. The van der Waals surface area contributed by atoms with Crippen LogP contribution < -0.4 is 0 Å². The van der Waals surface area contributed by atoms with E-state index in [2.05, 4.69) is 180 Å². The van der Waals surface area contributed by atoms with Crippen molar-refractivity contribution in [1.82, 2.24) is 14.5 Å². The van der Waals surface area contributed by atoms with E-state index in [0.29, 0.717) is 0 Å². The van der Waals surface area contributed by atoms with Crippen molar-refractivity contribution < 1.29 is 0 Å². The Morgan fingerprint density at radius 3 is 1.61 bits per heavy atom. The lowest BCUT2D eigenvalue weighted by Gasteiger charge is -2.14. The predicted octanol–water partition coefficient (Wildman–Crippen LogP) is 12.5. The molecule has 0 atom stereocenters. The molecule has 7 aromatic carbocycles. The molecule has 3 aromatic heterocycles. The van der Waals surface area contributed by atoms with Crippen LogP contribution >= 0.6 is 0 Å². The Labute approximate surface area is 295 Å². The first-order valence-electron chi connectivity index (χ1n) is 17.3. The monoisotopic (exact) mass is 649 g/mol. The summed E-state index contributed by atoms with van der Waals surface area (Å²) in [6.07, 6.45) is 1.84. The van der Waals surface area contributed by atoms with Gasteiger partial charge in [-0.3, -0.25) is 4.57 Å². The maximum Gasteiger partial charge on any atom is 0.162 e. The third-order valence-corrected chi connectivity index (χ3v) is 10.1. The summed E-state index contributed by atoms with van der Waals surface area (Å²) in [4.78, 5) is 10.1. The van der Waals surface area contributed by atoms with E-state index < -0.39 is 0 Å². The highest BCUT2D eigenvalue weighted by molar-refractivity contribution is 6.24. The van der Waals surface area contributed by atoms with E-state index in [-0.39, 0.29) is 0 Å². The van der Waals surface area contributed by atoms with E-state index in [1.807, 2.05) is 12.3 Å². The van der Waals surface area contributed by atoms with Crippen LogP contribution in [0.15, 0.2) is 188 Å². The molecule has 0 spiro atoms. The molecule has 0 radical (unpaired) electrons. The Morgan fingerprint density at radius 2 is 0.882 bits per heavy atom. The summed E-state index contributed by atoms with van der Waals surface area (Å²) < 4.78 is 2.35. The molecular weight excluding hydrogens is 619 g/mol. The molecule has 0 amide bonds. The fourth-order valence-electron chi connectivity index (χ4n) is 7.66. The van der Waals surface area contributed by atoms with Gasteiger partial charge in [0.1, 0.15) is 5.82 Å². The van der Waals surface area contributed by atoms with Crippen LogP contribution in [-0.2, 0) is 0 Å². The summed E-state index contributed by atoms with van der Waals surface area (Å²) in [5, 5.41) is 5.89. The fourth-order valence-corrected chi connectivity index (χ4v) is 7.66. The normalized spacial score (nSPS) is 11.5. The number of hydrogen-bond acceptors (Lipinski definition) is 2. The molecule has 0 saturated heterocycles. The third-order valence-electron chi connectivity index (χ3n) is 10.1. The van der Waals surface area contributed by atoms with Crippen molar-refractivity contribution in [2.45, 2.75) is 0 Å². The highest BCUT2D eigenvalue weighted by Crippen LogP contribution is 2.43. The highest BCUT2D eigenvalue weighted by atomic mass is 15.1. The molecule has 0 saturated carbocycles. The first-order valence-corrected chi connectivity index (χ1v) is 17.3. The number of fused-ring (bicyclic) bond motifs is 6. The van der Waals surface area contributed by atoms with Crippen LogP contribution in [0.1, 0.15) is 0 Å². The molecular formula is C48H31N3. The van der Waals surface area contributed by atoms with Gasteiger partial charge in [0.05, 0.1) is 11.0 Å². The van der Waals surface area contributed by atoms with Gasteiger partial charge in [-0.1, -0.05) is 152 Å². The van der Waals surface area contributed by atoms with Crippen molar-refractivity contribution in [3.8, 4) is 50.3 Å². The minimum atomic E-state index is 0.718. The van der Waals surface area contributed by atoms with Gasteiger partial charge < -0.3 is 0 Å². The molecule has 0 aliphatic carbocycles. The van der Waals surface area contributed by atoms with Crippen molar-refractivity contribution in [3.05, 3.63) is 188 Å².